The Morgan fingerprint density at radius 1 is 1.14 bits per heavy atom. The van der Waals surface area contributed by atoms with E-state index in [9.17, 15) is 27.5 Å². The van der Waals surface area contributed by atoms with Crippen molar-refractivity contribution in [2.24, 2.45) is 5.92 Å². The van der Waals surface area contributed by atoms with E-state index in [0.29, 0.717) is 11.4 Å². The zero-order valence-electron chi connectivity index (χ0n) is 24.3. The number of rotatable bonds is 9. The minimum Gasteiger partial charge on any atom is -0.497 e. The fourth-order valence-electron chi connectivity index (χ4n) is 4.58. The molecular formula is C30H35FN4O7S. The molecule has 0 spiro atoms. The van der Waals surface area contributed by atoms with Crippen LogP contribution in [0.1, 0.15) is 24.2 Å². The van der Waals surface area contributed by atoms with E-state index in [4.69, 9.17) is 9.47 Å². The number of carbonyl (C=O) groups excluding carboxylic acids is 2. The molecule has 0 fully saturated rings. The van der Waals surface area contributed by atoms with E-state index in [1.54, 1.807) is 45.3 Å². The number of hydrogen-bond acceptors (Lipinski definition) is 7. The molecule has 3 N–H and O–H groups in total. The molecule has 1 heterocycles. The number of benzene rings is 3. The van der Waals surface area contributed by atoms with Crippen molar-refractivity contribution in [2.75, 3.05) is 43.9 Å². The quantitative estimate of drug-likeness (QED) is 0.331. The highest BCUT2D eigenvalue weighted by molar-refractivity contribution is 7.92. The van der Waals surface area contributed by atoms with Crippen LogP contribution in [-0.4, -0.2) is 81.3 Å². The smallest absolute Gasteiger partial charge is 0.321 e. The number of sulfonamides is 1. The lowest BCUT2D eigenvalue weighted by atomic mass is 9.99. The summed E-state index contributed by atoms with van der Waals surface area (Å²) in [6, 6.07) is 14.6. The summed E-state index contributed by atoms with van der Waals surface area (Å²) in [5.41, 5.74) is 0.762. The van der Waals surface area contributed by atoms with Crippen LogP contribution in [0.4, 0.5) is 20.6 Å². The Labute approximate surface area is 250 Å². The van der Waals surface area contributed by atoms with Gasteiger partial charge in [0.2, 0.25) is 0 Å². The maximum absolute atomic E-state index is 13.7. The minimum absolute atomic E-state index is 0.0850. The maximum Gasteiger partial charge on any atom is 0.321 e. The van der Waals surface area contributed by atoms with Crippen LogP contribution in [0.3, 0.4) is 0 Å². The number of methoxy groups -OCH3 is 1. The standard InChI is InChI=1S/C30H35FN4O7S/c1-19-16-35(20(2)18-36)29(37)26-15-23(33-43(39,40)25-12-5-21(31)6-13-25)9-14-27(26)42-28(19)17-34(3)30(38)32-22-7-10-24(41-4)11-8-22/h5-15,19-20,28,33,36H,16-18H2,1-4H3,(H,32,38)/t19-,20-,28-/m0/s1. The highest BCUT2D eigenvalue weighted by Gasteiger charge is 2.34. The molecule has 11 nitrogen and oxygen atoms in total. The third-order valence-corrected chi connectivity index (χ3v) is 8.58. The number of ether oxygens (including phenoxy) is 2. The Bertz CT molecular complexity index is 1550. The summed E-state index contributed by atoms with van der Waals surface area (Å²) in [5, 5.41) is 12.7. The SMILES string of the molecule is COc1ccc(NC(=O)N(C)C[C@@H]2Oc3ccc(NS(=O)(=O)c4ccc(F)cc4)cc3C(=O)N([C@@H](C)CO)C[C@@H]2C)cc1. The summed E-state index contributed by atoms with van der Waals surface area (Å²) < 4.78 is 53.0. The normalized spacial score (nSPS) is 17.5. The van der Waals surface area contributed by atoms with Gasteiger partial charge in [-0.3, -0.25) is 9.52 Å². The summed E-state index contributed by atoms with van der Waals surface area (Å²) in [6.45, 7) is 3.68. The Morgan fingerprint density at radius 3 is 2.42 bits per heavy atom. The van der Waals surface area contributed by atoms with E-state index in [1.165, 1.54) is 28.0 Å². The number of anilines is 2. The molecule has 3 aromatic carbocycles. The predicted octanol–water partition coefficient (Wildman–Crippen LogP) is 4.02. The maximum atomic E-state index is 13.7. The number of fused-ring (bicyclic) bond motifs is 1. The average Bonchev–Trinajstić information content (AvgIpc) is 2.99. The molecule has 0 aromatic heterocycles. The van der Waals surface area contributed by atoms with Crippen molar-refractivity contribution in [3.05, 3.63) is 78.1 Å². The van der Waals surface area contributed by atoms with Crippen molar-refractivity contribution >= 4 is 33.3 Å². The van der Waals surface area contributed by atoms with Crippen molar-refractivity contribution in [3.8, 4) is 11.5 Å². The lowest BCUT2D eigenvalue weighted by Crippen LogP contribution is -2.50. The van der Waals surface area contributed by atoms with Gasteiger partial charge in [0.05, 0.1) is 36.8 Å². The molecule has 1 aliphatic rings. The van der Waals surface area contributed by atoms with Crippen LogP contribution in [0.5, 0.6) is 11.5 Å². The molecule has 3 amide bonds. The predicted molar refractivity (Wildman–Crippen MR) is 159 cm³/mol. The molecular weight excluding hydrogens is 579 g/mol. The molecule has 3 aromatic rings. The van der Waals surface area contributed by atoms with Gasteiger partial charge in [-0.25, -0.2) is 17.6 Å². The lowest BCUT2D eigenvalue weighted by molar-refractivity contribution is 0.0371. The van der Waals surface area contributed by atoms with Crippen LogP contribution in [0.25, 0.3) is 0 Å². The number of nitrogens with zero attached hydrogens (tertiary/aromatic N) is 2. The van der Waals surface area contributed by atoms with Crippen molar-refractivity contribution in [2.45, 2.75) is 30.9 Å². The van der Waals surface area contributed by atoms with Gasteiger partial charge in [0.1, 0.15) is 23.4 Å². The minimum atomic E-state index is -4.08. The van der Waals surface area contributed by atoms with Gasteiger partial charge >= 0.3 is 6.03 Å². The second-order valence-electron chi connectivity index (χ2n) is 10.4. The molecule has 230 valence electrons. The fourth-order valence-corrected chi connectivity index (χ4v) is 5.63. The number of nitrogens with one attached hydrogen (secondary N) is 2. The van der Waals surface area contributed by atoms with Crippen LogP contribution in [0.15, 0.2) is 71.6 Å². The zero-order chi connectivity index (χ0) is 31.3. The largest absolute Gasteiger partial charge is 0.497 e. The molecule has 0 bridgehead atoms. The highest BCUT2D eigenvalue weighted by atomic mass is 32.2. The first-order chi connectivity index (χ1) is 20.4. The Balaban J connectivity index is 1.59. The molecule has 1 aliphatic heterocycles. The van der Waals surface area contributed by atoms with Crippen molar-refractivity contribution in [3.63, 3.8) is 0 Å². The van der Waals surface area contributed by atoms with E-state index in [-0.39, 0.29) is 53.5 Å². The number of aliphatic hydroxyl groups is 1. The Morgan fingerprint density at radius 2 is 1.79 bits per heavy atom. The van der Waals surface area contributed by atoms with Crippen molar-refractivity contribution in [1.29, 1.82) is 0 Å². The van der Waals surface area contributed by atoms with Gasteiger partial charge in [0.15, 0.2) is 0 Å². The third-order valence-electron chi connectivity index (χ3n) is 7.18. The fraction of sp³-hybridized carbons (Fsp3) is 0.333. The van der Waals surface area contributed by atoms with Crippen LogP contribution in [0.2, 0.25) is 0 Å². The molecule has 0 radical (unpaired) electrons. The third kappa shape index (κ3) is 7.54. The number of likely N-dealkylation sites (N-methyl/N-ethyl adjacent to an activating group) is 1. The van der Waals surface area contributed by atoms with Crippen LogP contribution < -0.4 is 19.5 Å². The average molecular weight is 615 g/mol. The van der Waals surface area contributed by atoms with Crippen LogP contribution in [-0.2, 0) is 10.0 Å². The molecule has 0 unspecified atom stereocenters. The van der Waals surface area contributed by atoms with E-state index < -0.39 is 33.9 Å². The molecule has 0 saturated heterocycles. The number of aliphatic hydroxyl groups excluding tert-OH is 1. The van der Waals surface area contributed by atoms with Crippen molar-refractivity contribution in [1.82, 2.24) is 9.80 Å². The number of halogens is 1. The highest BCUT2D eigenvalue weighted by Crippen LogP contribution is 2.31. The monoisotopic (exact) mass is 614 g/mol. The topological polar surface area (TPSA) is 138 Å². The summed E-state index contributed by atoms with van der Waals surface area (Å²) in [5.74, 6) is -0.419. The van der Waals surface area contributed by atoms with Gasteiger partial charge in [-0.2, -0.15) is 0 Å². The first-order valence-electron chi connectivity index (χ1n) is 13.6. The zero-order valence-corrected chi connectivity index (χ0v) is 25.1. The van der Waals surface area contributed by atoms with Crippen LogP contribution >= 0.6 is 0 Å². The molecule has 0 aliphatic carbocycles. The van der Waals surface area contributed by atoms with E-state index in [1.807, 2.05) is 6.92 Å². The van der Waals surface area contributed by atoms with Crippen molar-refractivity contribution < 1.29 is 37.0 Å². The number of urea groups is 1. The van der Waals surface area contributed by atoms with Gasteiger partial charge in [-0.15, -0.1) is 0 Å². The molecule has 43 heavy (non-hydrogen) atoms. The second kappa shape index (κ2) is 13.3. The van der Waals surface area contributed by atoms with Gasteiger partial charge in [0.25, 0.3) is 15.9 Å². The Kier molecular flexibility index (Phi) is 9.77. The summed E-state index contributed by atoms with van der Waals surface area (Å²) in [6.07, 6.45) is -0.561. The number of carbonyl (C=O) groups is 2. The van der Waals surface area contributed by atoms with E-state index in [2.05, 4.69) is 10.0 Å². The molecule has 3 atom stereocenters. The molecule has 13 heteroatoms. The number of hydrogen-bond donors (Lipinski definition) is 3. The molecule has 0 saturated carbocycles. The lowest BCUT2D eigenvalue weighted by Gasteiger charge is -2.38. The summed E-state index contributed by atoms with van der Waals surface area (Å²) in [7, 11) is -0.900. The summed E-state index contributed by atoms with van der Waals surface area (Å²) in [4.78, 5) is 29.5. The van der Waals surface area contributed by atoms with Gasteiger partial charge in [0, 0.05) is 30.9 Å². The first kappa shape index (κ1) is 31.6. The van der Waals surface area contributed by atoms with Gasteiger partial charge in [-0.05, 0) is 73.7 Å². The summed E-state index contributed by atoms with van der Waals surface area (Å²) >= 11 is 0. The van der Waals surface area contributed by atoms with Gasteiger partial charge in [-0.1, -0.05) is 6.92 Å². The van der Waals surface area contributed by atoms with Gasteiger partial charge < -0.3 is 29.7 Å². The second-order valence-corrected chi connectivity index (χ2v) is 12.1. The first-order valence-corrected chi connectivity index (χ1v) is 15.1. The van der Waals surface area contributed by atoms with Crippen LogP contribution in [0, 0.1) is 11.7 Å². The van der Waals surface area contributed by atoms with E-state index >= 15 is 0 Å². The molecule has 4 rings (SSSR count). The van der Waals surface area contributed by atoms with E-state index in [0.717, 1.165) is 24.3 Å². The Hall–Kier alpha value is -4.36. The number of amides is 3.